The molecule has 2 aromatic carbocycles. The van der Waals surface area contributed by atoms with Gasteiger partial charge in [0.15, 0.2) is 6.10 Å². The highest BCUT2D eigenvalue weighted by Crippen LogP contribution is 2.19. The molecule has 6 nitrogen and oxygen atoms in total. The first-order valence-electron chi connectivity index (χ1n) is 9.62. The Labute approximate surface area is 170 Å². The Kier molecular flexibility index (Phi) is 6.44. The van der Waals surface area contributed by atoms with Crippen molar-refractivity contribution in [3.05, 3.63) is 72.4 Å². The molecule has 1 heterocycles. The zero-order chi connectivity index (χ0) is 20.8. The molecule has 1 unspecified atom stereocenters. The fraction of sp³-hybridized carbons (Fsp3) is 0.261. The van der Waals surface area contributed by atoms with E-state index in [9.17, 15) is 9.59 Å². The minimum atomic E-state index is -0.901. The molecule has 0 saturated carbocycles. The Morgan fingerprint density at radius 2 is 1.62 bits per heavy atom. The molecule has 0 aliphatic rings. The highest BCUT2D eigenvalue weighted by Gasteiger charge is 2.20. The van der Waals surface area contributed by atoms with Gasteiger partial charge >= 0.3 is 5.97 Å². The maximum absolute atomic E-state index is 12.3. The summed E-state index contributed by atoms with van der Waals surface area (Å²) in [4.78, 5) is 24.6. The van der Waals surface area contributed by atoms with Gasteiger partial charge in [0.25, 0.3) is 5.91 Å². The van der Waals surface area contributed by atoms with Crippen LogP contribution in [0.25, 0.3) is 11.1 Å². The number of rotatable bonds is 7. The second-order valence-corrected chi connectivity index (χ2v) is 7.12. The van der Waals surface area contributed by atoms with E-state index < -0.39 is 12.1 Å². The molecule has 0 aliphatic heterocycles. The molecular formula is C23H25N3O3. The molecule has 3 aromatic rings. The summed E-state index contributed by atoms with van der Waals surface area (Å²) in [6.07, 6.45) is 0.823. The summed E-state index contributed by atoms with van der Waals surface area (Å²) in [7, 11) is 0. The number of hydrogen-bond donors (Lipinski definition) is 1. The van der Waals surface area contributed by atoms with Crippen molar-refractivity contribution in [3.63, 3.8) is 0 Å². The maximum Gasteiger partial charge on any atom is 0.311 e. The van der Waals surface area contributed by atoms with Crippen LogP contribution in [0.2, 0.25) is 0 Å². The lowest BCUT2D eigenvalue weighted by Crippen LogP contribution is -2.31. The van der Waals surface area contributed by atoms with E-state index >= 15 is 0 Å². The summed E-state index contributed by atoms with van der Waals surface area (Å²) in [5.74, 6) is -0.262. The van der Waals surface area contributed by atoms with Crippen LogP contribution in [0.4, 0.5) is 5.82 Å². The fourth-order valence-corrected chi connectivity index (χ4v) is 2.96. The number of carbonyl (C=O) groups excluding carboxylic acids is 2. The Hall–Kier alpha value is -3.41. The van der Waals surface area contributed by atoms with Gasteiger partial charge in [-0.15, -0.1) is 0 Å². The molecule has 0 fully saturated rings. The van der Waals surface area contributed by atoms with Crippen molar-refractivity contribution in [2.24, 2.45) is 0 Å². The van der Waals surface area contributed by atoms with Crippen LogP contribution in [0.5, 0.6) is 0 Å². The average molecular weight is 391 g/mol. The average Bonchev–Trinajstić information content (AvgIpc) is 3.17. The van der Waals surface area contributed by atoms with Crippen molar-refractivity contribution >= 4 is 17.7 Å². The van der Waals surface area contributed by atoms with Crippen LogP contribution >= 0.6 is 0 Å². The summed E-state index contributed by atoms with van der Waals surface area (Å²) in [5.41, 5.74) is 3.03. The van der Waals surface area contributed by atoms with Gasteiger partial charge in [-0.1, -0.05) is 54.6 Å². The molecule has 1 amide bonds. The number of amides is 1. The van der Waals surface area contributed by atoms with Crippen molar-refractivity contribution in [2.45, 2.75) is 39.3 Å². The lowest BCUT2D eigenvalue weighted by Gasteiger charge is -2.15. The van der Waals surface area contributed by atoms with E-state index in [-0.39, 0.29) is 18.4 Å². The van der Waals surface area contributed by atoms with E-state index in [1.165, 1.54) is 0 Å². The van der Waals surface area contributed by atoms with Gasteiger partial charge in [-0.2, -0.15) is 5.10 Å². The molecule has 6 heteroatoms. The zero-order valence-electron chi connectivity index (χ0n) is 16.8. The summed E-state index contributed by atoms with van der Waals surface area (Å²) in [6, 6.07) is 19.6. The van der Waals surface area contributed by atoms with E-state index in [1.807, 2.05) is 68.4 Å². The van der Waals surface area contributed by atoms with Gasteiger partial charge in [-0.3, -0.25) is 9.59 Å². The number of anilines is 1. The number of aromatic nitrogens is 2. The molecular weight excluding hydrogens is 366 g/mol. The predicted molar refractivity (Wildman–Crippen MR) is 112 cm³/mol. The summed E-state index contributed by atoms with van der Waals surface area (Å²) in [6.45, 7) is 5.49. The number of ether oxygens (including phenoxy) is 1. The van der Waals surface area contributed by atoms with Gasteiger partial charge in [0.05, 0.1) is 12.6 Å². The minimum Gasteiger partial charge on any atom is -0.452 e. The van der Waals surface area contributed by atoms with E-state index in [4.69, 9.17) is 4.74 Å². The van der Waals surface area contributed by atoms with Crippen molar-refractivity contribution < 1.29 is 14.3 Å². The molecule has 1 aromatic heterocycles. The van der Waals surface area contributed by atoms with E-state index in [2.05, 4.69) is 10.4 Å². The number of carbonyl (C=O) groups is 2. The Bertz CT molecular complexity index is 963. The van der Waals surface area contributed by atoms with Gasteiger partial charge in [-0.25, -0.2) is 4.68 Å². The van der Waals surface area contributed by atoms with E-state index in [0.29, 0.717) is 5.82 Å². The first kappa shape index (κ1) is 20.3. The van der Waals surface area contributed by atoms with Gasteiger partial charge < -0.3 is 10.1 Å². The largest absolute Gasteiger partial charge is 0.452 e. The summed E-state index contributed by atoms with van der Waals surface area (Å²) < 4.78 is 6.99. The molecule has 3 rings (SSSR count). The van der Waals surface area contributed by atoms with Gasteiger partial charge in [-0.05, 0) is 37.5 Å². The highest BCUT2D eigenvalue weighted by molar-refractivity contribution is 5.94. The lowest BCUT2D eigenvalue weighted by molar-refractivity contribution is -0.152. The van der Waals surface area contributed by atoms with Crippen LogP contribution in [0, 0.1) is 0 Å². The van der Waals surface area contributed by atoms with Crippen LogP contribution in [-0.2, 0) is 20.7 Å². The zero-order valence-corrected chi connectivity index (χ0v) is 16.8. The van der Waals surface area contributed by atoms with Crippen LogP contribution < -0.4 is 5.32 Å². The molecule has 0 bridgehead atoms. The molecule has 150 valence electrons. The van der Waals surface area contributed by atoms with Gasteiger partial charge in [0.1, 0.15) is 5.82 Å². The molecule has 0 radical (unpaired) electrons. The molecule has 0 saturated heterocycles. The molecule has 1 N–H and O–H groups in total. The quantitative estimate of drug-likeness (QED) is 0.611. The Morgan fingerprint density at radius 1 is 0.966 bits per heavy atom. The van der Waals surface area contributed by atoms with E-state index in [1.54, 1.807) is 23.9 Å². The third kappa shape index (κ3) is 5.31. The molecule has 0 aliphatic carbocycles. The van der Waals surface area contributed by atoms with E-state index in [0.717, 1.165) is 16.7 Å². The number of nitrogens with zero attached hydrogens (tertiary/aromatic N) is 2. The van der Waals surface area contributed by atoms with Gasteiger partial charge in [0.2, 0.25) is 0 Å². The van der Waals surface area contributed by atoms with Crippen LogP contribution in [-0.4, -0.2) is 27.8 Å². The molecule has 0 spiro atoms. The first-order valence-corrected chi connectivity index (χ1v) is 9.62. The molecule has 1 atom stereocenters. The van der Waals surface area contributed by atoms with Crippen LogP contribution in [0.15, 0.2) is 66.9 Å². The van der Waals surface area contributed by atoms with Crippen LogP contribution in [0.1, 0.15) is 32.4 Å². The third-order valence-electron chi connectivity index (χ3n) is 4.50. The van der Waals surface area contributed by atoms with Gasteiger partial charge in [0, 0.05) is 12.1 Å². The maximum atomic E-state index is 12.3. The minimum absolute atomic E-state index is 0.108. The fourth-order valence-electron chi connectivity index (χ4n) is 2.96. The third-order valence-corrected chi connectivity index (χ3v) is 4.50. The number of hydrogen-bond acceptors (Lipinski definition) is 4. The summed E-state index contributed by atoms with van der Waals surface area (Å²) >= 11 is 0. The predicted octanol–water partition coefficient (Wildman–Crippen LogP) is 4.24. The monoisotopic (exact) mass is 391 g/mol. The molecule has 29 heavy (non-hydrogen) atoms. The number of nitrogens with one attached hydrogen (secondary N) is 1. The standard InChI is InChI=1S/C23H25N3O3/c1-16(2)26-21(13-14-24-26)25-23(28)17(3)29-22(27)15-18-9-11-20(12-10-18)19-7-5-4-6-8-19/h4-14,16-17H,15H2,1-3H3,(H,25,28). The number of esters is 1. The van der Waals surface area contributed by atoms with Crippen molar-refractivity contribution in [2.75, 3.05) is 5.32 Å². The van der Waals surface area contributed by atoms with Crippen LogP contribution in [0.3, 0.4) is 0 Å². The van der Waals surface area contributed by atoms with Crippen molar-refractivity contribution in [1.82, 2.24) is 9.78 Å². The lowest BCUT2D eigenvalue weighted by atomic mass is 10.0. The smallest absolute Gasteiger partial charge is 0.311 e. The normalized spacial score (nSPS) is 11.9. The second kappa shape index (κ2) is 9.19. The summed E-state index contributed by atoms with van der Waals surface area (Å²) in [5, 5.41) is 6.92. The number of benzene rings is 2. The highest BCUT2D eigenvalue weighted by atomic mass is 16.5. The Balaban J connectivity index is 1.54. The first-order chi connectivity index (χ1) is 13.9. The van der Waals surface area contributed by atoms with Crippen molar-refractivity contribution in [1.29, 1.82) is 0 Å². The Morgan fingerprint density at radius 3 is 2.28 bits per heavy atom. The SMILES string of the molecule is CC(OC(=O)Cc1ccc(-c2ccccc2)cc1)C(=O)Nc1ccnn1C(C)C. The second-order valence-electron chi connectivity index (χ2n) is 7.12. The topological polar surface area (TPSA) is 73.2 Å². The van der Waals surface area contributed by atoms with Crippen molar-refractivity contribution in [3.8, 4) is 11.1 Å².